The molecule has 0 unspecified atom stereocenters. The van der Waals surface area contributed by atoms with Gasteiger partial charge in [0.1, 0.15) is 40.5 Å². The first-order valence-electron chi connectivity index (χ1n) is 16.9. The molecule has 4 aromatic rings. The van der Waals surface area contributed by atoms with Crippen LogP contribution in [-0.2, 0) is 9.53 Å². The van der Waals surface area contributed by atoms with Crippen LogP contribution in [0.4, 0.5) is 10.2 Å². The van der Waals surface area contributed by atoms with Gasteiger partial charge in [0.25, 0.3) is 5.91 Å². The molecule has 1 atom stereocenters. The fourth-order valence-corrected chi connectivity index (χ4v) is 7.15. The Hall–Kier alpha value is -4.83. The minimum Gasteiger partial charge on any atom is -0.457 e. The van der Waals surface area contributed by atoms with E-state index in [-0.39, 0.29) is 28.9 Å². The van der Waals surface area contributed by atoms with Gasteiger partial charge in [-0.15, -0.1) is 0 Å². The SMILES string of the molecule is CC(C)(C=C(C#N)C(=O)N1CCC[C@@H](n2nc(-c3ccc(Oc4ccccc4)cc3F)c3c(N)nccc32)C1)N1CCN(C2COC2)CC1. The molecule has 0 bridgehead atoms. The number of rotatable bonds is 8. The van der Waals surface area contributed by atoms with E-state index < -0.39 is 11.4 Å². The van der Waals surface area contributed by atoms with Crippen LogP contribution in [0.1, 0.15) is 32.7 Å². The molecule has 2 N–H and O–H groups in total. The number of fused-ring (bicyclic) bond motifs is 1. The van der Waals surface area contributed by atoms with Gasteiger partial charge in [0.2, 0.25) is 0 Å². The average Bonchev–Trinajstić information content (AvgIpc) is 3.48. The Kier molecular flexibility index (Phi) is 9.07. The van der Waals surface area contributed by atoms with E-state index in [2.05, 4.69) is 34.7 Å². The maximum atomic E-state index is 15.7. The van der Waals surface area contributed by atoms with Crippen LogP contribution < -0.4 is 10.5 Å². The number of hydrogen-bond acceptors (Lipinski definition) is 9. The monoisotopic (exact) mass is 664 g/mol. The Morgan fingerprint density at radius 3 is 2.53 bits per heavy atom. The fraction of sp³-hybridized carbons (Fsp3) is 0.405. The third-order valence-electron chi connectivity index (χ3n) is 9.97. The van der Waals surface area contributed by atoms with Crippen LogP contribution in [0, 0.1) is 17.1 Å². The van der Waals surface area contributed by atoms with Crippen molar-refractivity contribution in [3.8, 4) is 28.8 Å². The Balaban J connectivity index is 1.11. The zero-order valence-corrected chi connectivity index (χ0v) is 27.9. The first kappa shape index (κ1) is 32.7. The Bertz CT molecular complexity index is 1910. The summed E-state index contributed by atoms with van der Waals surface area (Å²) >= 11 is 0. The molecule has 7 rings (SSSR count). The normalized spacial score (nSPS) is 19.8. The van der Waals surface area contributed by atoms with Crippen molar-refractivity contribution in [3.05, 3.63) is 78.3 Å². The lowest BCUT2D eigenvalue weighted by molar-refractivity contribution is -0.128. The number of nitrogen functional groups attached to an aromatic ring is 1. The number of nitrogens with zero attached hydrogens (tertiary/aromatic N) is 7. The number of likely N-dealkylation sites (tertiary alicyclic amines) is 1. The molecule has 3 aliphatic heterocycles. The number of benzene rings is 2. The summed E-state index contributed by atoms with van der Waals surface area (Å²) in [4.78, 5) is 24.7. The van der Waals surface area contributed by atoms with Gasteiger partial charge in [-0.25, -0.2) is 9.37 Å². The average molecular weight is 665 g/mol. The zero-order valence-electron chi connectivity index (χ0n) is 27.9. The maximum Gasteiger partial charge on any atom is 0.264 e. The van der Waals surface area contributed by atoms with E-state index in [9.17, 15) is 10.1 Å². The summed E-state index contributed by atoms with van der Waals surface area (Å²) in [7, 11) is 0. The summed E-state index contributed by atoms with van der Waals surface area (Å²) in [5.41, 5.74) is 7.39. The molecular formula is C37H41FN8O3. The molecule has 2 aromatic heterocycles. The van der Waals surface area contributed by atoms with Crippen molar-refractivity contribution < 1.29 is 18.7 Å². The van der Waals surface area contributed by atoms with Gasteiger partial charge in [0.15, 0.2) is 0 Å². The Labute approximate surface area is 285 Å². The van der Waals surface area contributed by atoms with Gasteiger partial charge >= 0.3 is 0 Å². The fourth-order valence-electron chi connectivity index (χ4n) is 7.15. The number of piperazine rings is 1. The highest BCUT2D eigenvalue weighted by Gasteiger charge is 2.35. The molecule has 254 valence electrons. The van der Waals surface area contributed by atoms with Gasteiger partial charge in [-0.2, -0.15) is 10.4 Å². The number of piperidine rings is 1. The second-order valence-corrected chi connectivity index (χ2v) is 13.5. The first-order chi connectivity index (χ1) is 23.7. The number of amides is 1. The summed E-state index contributed by atoms with van der Waals surface area (Å²) in [6.07, 6.45) is 4.91. The second-order valence-electron chi connectivity index (χ2n) is 13.5. The minimum atomic E-state index is -0.506. The highest BCUT2D eigenvalue weighted by Crippen LogP contribution is 2.37. The zero-order chi connectivity index (χ0) is 34.1. The topological polar surface area (TPSA) is 126 Å². The molecule has 1 amide bonds. The largest absolute Gasteiger partial charge is 0.457 e. The first-order valence-corrected chi connectivity index (χ1v) is 16.9. The predicted octanol–water partition coefficient (Wildman–Crippen LogP) is 5.02. The molecule has 3 fully saturated rings. The molecule has 0 aliphatic carbocycles. The lowest BCUT2D eigenvalue weighted by Gasteiger charge is -2.46. The maximum absolute atomic E-state index is 15.7. The molecular weight excluding hydrogens is 623 g/mol. The van der Waals surface area contributed by atoms with Crippen LogP contribution in [0.25, 0.3) is 22.2 Å². The number of aromatic nitrogens is 3. The summed E-state index contributed by atoms with van der Waals surface area (Å²) in [5, 5.41) is 15.6. The number of nitrogens with two attached hydrogens (primary N) is 1. The van der Waals surface area contributed by atoms with Crippen molar-refractivity contribution in [1.82, 2.24) is 29.5 Å². The molecule has 3 saturated heterocycles. The van der Waals surface area contributed by atoms with Crippen LogP contribution >= 0.6 is 0 Å². The van der Waals surface area contributed by atoms with Crippen molar-refractivity contribution in [2.45, 2.75) is 44.3 Å². The number of nitriles is 1. The lowest BCUT2D eigenvalue weighted by atomic mass is 9.96. The molecule has 11 nitrogen and oxygen atoms in total. The summed E-state index contributed by atoms with van der Waals surface area (Å²) in [6, 6.07) is 18.2. The van der Waals surface area contributed by atoms with Crippen LogP contribution in [0.3, 0.4) is 0 Å². The highest BCUT2D eigenvalue weighted by atomic mass is 19.1. The summed E-state index contributed by atoms with van der Waals surface area (Å²) < 4.78 is 28.7. The molecule has 3 aliphatic rings. The Morgan fingerprint density at radius 1 is 1.06 bits per heavy atom. The quantitative estimate of drug-likeness (QED) is 0.204. The van der Waals surface area contributed by atoms with Gasteiger partial charge in [-0.3, -0.25) is 19.3 Å². The van der Waals surface area contributed by atoms with Crippen molar-refractivity contribution in [2.75, 3.05) is 58.2 Å². The van der Waals surface area contributed by atoms with Gasteiger partial charge in [0.05, 0.1) is 36.2 Å². The number of carbonyl (C=O) groups excluding carboxylic acids is 1. The number of ether oxygens (including phenoxy) is 2. The van der Waals surface area contributed by atoms with Crippen LogP contribution in [0.15, 0.2) is 72.4 Å². The minimum absolute atomic E-state index is 0.139. The predicted molar refractivity (Wildman–Crippen MR) is 184 cm³/mol. The molecule has 2 aromatic carbocycles. The standard InChI is InChI=1S/C37H41FN8O3/c1-37(2,45-17-15-43(16-18-45)27-23-48-24-27)20-25(21-39)36(47)44-14-6-7-26(22-44)46-32-12-13-41-35(40)33(32)34(42-46)30-11-10-29(19-31(30)38)49-28-8-4-3-5-9-28/h3-5,8-13,19-20,26-27H,6-7,14-18,22-24H2,1-2H3,(H2,40,41)/t26-/m1/s1. The van der Waals surface area contributed by atoms with E-state index in [0.717, 1.165) is 52.2 Å². The lowest BCUT2D eigenvalue weighted by Crippen LogP contribution is -2.59. The van der Waals surface area contributed by atoms with Gasteiger partial charge in [-0.05, 0) is 63.1 Å². The molecule has 0 radical (unpaired) electrons. The van der Waals surface area contributed by atoms with Crippen LogP contribution in [-0.4, -0.2) is 99.4 Å². The molecule has 5 heterocycles. The van der Waals surface area contributed by atoms with Crippen molar-refractivity contribution in [3.63, 3.8) is 0 Å². The van der Waals surface area contributed by atoms with E-state index in [1.165, 1.54) is 6.07 Å². The molecule has 0 saturated carbocycles. The van der Waals surface area contributed by atoms with E-state index in [4.69, 9.17) is 20.3 Å². The number of para-hydroxylation sites is 1. The third kappa shape index (κ3) is 6.62. The number of hydrogen-bond donors (Lipinski definition) is 1. The number of anilines is 1. The highest BCUT2D eigenvalue weighted by molar-refractivity contribution is 6.00. The number of halogens is 1. The Morgan fingerprint density at radius 2 is 1.84 bits per heavy atom. The van der Waals surface area contributed by atoms with Gasteiger partial charge < -0.3 is 20.1 Å². The number of carbonyl (C=O) groups is 1. The summed E-state index contributed by atoms with van der Waals surface area (Å²) in [5.74, 6) is 0.409. The van der Waals surface area contributed by atoms with E-state index >= 15 is 4.39 Å². The smallest absolute Gasteiger partial charge is 0.264 e. The second kappa shape index (κ2) is 13.6. The van der Waals surface area contributed by atoms with E-state index in [1.807, 2.05) is 35.0 Å². The molecule has 49 heavy (non-hydrogen) atoms. The third-order valence-corrected chi connectivity index (χ3v) is 9.97. The van der Waals surface area contributed by atoms with Crippen molar-refractivity contribution in [1.29, 1.82) is 5.26 Å². The number of pyridine rings is 1. The van der Waals surface area contributed by atoms with Crippen LogP contribution in [0.5, 0.6) is 11.5 Å². The van der Waals surface area contributed by atoms with Crippen molar-refractivity contribution >= 4 is 22.6 Å². The van der Waals surface area contributed by atoms with E-state index in [1.54, 1.807) is 35.4 Å². The van der Waals surface area contributed by atoms with Crippen molar-refractivity contribution in [2.24, 2.45) is 0 Å². The van der Waals surface area contributed by atoms with E-state index in [0.29, 0.717) is 47.2 Å². The molecule has 0 spiro atoms. The van der Waals surface area contributed by atoms with Crippen LogP contribution in [0.2, 0.25) is 0 Å². The van der Waals surface area contributed by atoms with Gasteiger partial charge in [-0.1, -0.05) is 18.2 Å². The summed E-state index contributed by atoms with van der Waals surface area (Å²) in [6.45, 7) is 10.2. The van der Waals surface area contributed by atoms with Gasteiger partial charge in [0, 0.05) is 62.6 Å². The molecule has 12 heteroatoms.